The molecule has 1 heterocycles. The van der Waals surface area contributed by atoms with Crippen molar-refractivity contribution in [2.75, 3.05) is 0 Å². The first-order valence-electron chi connectivity index (χ1n) is 2.52. The van der Waals surface area contributed by atoms with Crippen LogP contribution in [0.2, 0.25) is 0 Å². The molecule has 0 aliphatic carbocycles. The van der Waals surface area contributed by atoms with Crippen molar-refractivity contribution in [2.24, 2.45) is 0 Å². The first-order valence-corrected chi connectivity index (χ1v) is 2.52. The summed E-state index contributed by atoms with van der Waals surface area (Å²) in [7, 11) is 0. The number of imidazole rings is 1. The van der Waals surface area contributed by atoms with Gasteiger partial charge in [0.05, 0.1) is 0 Å². The molecule has 0 saturated heterocycles. The topological polar surface area (TPSA) is 60.2 Å². The molecular formula is C6H10N2O. The summed E-state index contributed by atoms with van der Waals surface area (Å²) in [6.45, 7) is 3.58. The summed E-state index contributed by atoms with van der Waals surface area (Å²) in [6.07, 6.45) is 6.18. The van der Waals surface area contributed by atoms with Gasteiger partial charge < -0.3 is 10.5 Å². The Morgan fingerprint density at radius 3 is 3.00 bits per heavy atom. The van der Waals surface area contributed by atoms with Crippen molar-refractivity contribution in [3.8, 4) is 0 Å². The van der Waals surface area contributed by atoms with Crippen LogP contribution in [0, 0.1) is 0 Å². The van der Waals surface area contributed by atoms with Crippen molar-refractivity contribution in [2.45, 2.75) is 6.42 Å². The van der Waals surface area contributed by atoms with Crippen LogP contribution in [0.3, 0.4) is 0 Å². The minimum atomic E-state index is 0. The summed E-state index contributed by atoms with van der Waals surface area (Å²) in [5, 5.41) is 0. The van der Waals surface area contributed by atoms with E-state index >= 15 is 0 Å². The lowest BCUT2D eigenvalue weighted by Crippen LogP contribution is -1.80. The minimum Gasteiger partial charge on any atom is -0.412 e. The lowest BCUT2D eigenvalue weighted by atomic mass is 10.4. The van der Waals surface area contributed by atoms with E-state index in [9.17, 15) is 0 Å². The quantitative estimate of drug-likeness (QED) is 0.570. The van der Waals surface area contributed by atoms with Gasteiger partial charge in [-0.15, -0.1) is 6.58 Å². The summed E-state index contributed by atoms with van der Waals surface area (Å²) in [5.41, 5.74) is 0. The number of rotatable bonds is 2. The van der Waals surface area contributed by atoms with E-state index in [1.807, 2.05) is 6.08 Å². The van der Waals surface area contributed by atoms with Crippen LogP contribution < -0.4 is 0 Å². The molecular weight excluding hydrogens is 116 g/mol. The standard InChI is InChI=1S/C6H8N2.H2O/c1-2-3-6-7-4-5-8-6;/h2,4-5H,1,3H2,(H,7,8);1H2. The van der Waals surface area contributed by atoms with Crippen molar-refractivity contribution < 1.29 is 5.48 Å². The highest BCUT2D eigenvalue weighted by Gasteiger charge is 1.85. The summed E-state index contributed by atoms with van der Waals surface area (Å²) >= 11 is 0. The van der Waals surface area contributed by atoms with Crippen molar-refractivity contribution in [1.82, 2.24) is 9.97 Å². The molecule has 3 heteroatoms. The highest BCUT2D eigenvalue weighted by Crippen LogP contribution is 1.88. The average molecular weight is 126 g/mol. The van der Waals surface area contributed by atoms with E-state index < -0.39 is 0 Å². The highest BCUT2D eigenvalue weighted by atomic mass is 16.0. The van der Waals surface area contributed by atoms with Gasteiger partial charge in [0.25, 0.3) is 0 Å². The molecule has 50 valence electrons. The largest absolute Gasteiger partial charge is 0.412 e. The van der Waals surface area contributed by atoms with Gasteiger partial charge in [-0.2, -0.15) is 0 Å². The van der Waals surface area contributed by atoms with Crippen LogP contribution in [0.5, 0.6) is 0 Å². The van der Waals surface area contributed by atoms with E-state index in [1.54, 1.807) is 12.4 Å². The van der Waals surface area contributed by atoms with Gasteiger partial charge in [0.1, 0.15) is 5.82 Å². The molecule has 0 spiro atoms. The number of aromatic amines is 1. The first kappa shape index (κ1) is 7.91. The number of nitrogens with one attached hydrogen (secondary N) is 1. The van der Waals surface area contributed by atoms with Crippen molar-refractivity contribution in [1.29, 1.82) is 0 Å². The molecule has 3 N–H and O–H groups in total. The monoisotopic (exact) mass is 126 g/mol. The van der Waals surface area contributed by atoms with Gasteiger partial charge in [-0.1, -0.05) is 6.08 Å². The van der Waals surface area contributed by atoms with Crippen LogP contribution in [-0.2, 0) is 6.42 Å². The van der Waals surface area contributed by atoms with Crippen molar-refractivity contribution >= 4 is 0 Å². The Bertz CT molecular complexity index is 158. The third kappa shape index (κ3) is 2.10. The lowest BCUT2D eigenvalue weighted by Gasteiger charge is -1.82. The SMILES string of the molecule is C=CCc1ncc[nH]1.O. The molecule has 0 atom stereocenters. The number of hydrogen-bond acceptors (Lipinski definition) is 1. The molecule has 1 aromatic rings. The zero-order valence-corrected chi connectivity index (χ0v) is 5.09. The van der Waals surface area contributed by atoms with Gasteiger partial charge in [-0.05, 0) is 0 Å². The molecule has 3 nitrogen and oxygen atoms in total. The molecule has 0 amide bonds. The van der Waals surface area contributed by atoms with E-state index in [2.05, 4.69) is 16.5 Å². The Balaban J connectivity index is 0.000000640. The maximum atomic E-state index is 3.98. The number of aromatic nitrogens is 2. The van der Waals surface area contributed by atoms with E-state index in [1.165, 1.54) is 0 Å². The summed E-state index contributed by atoms with van der Waals surface area (Å²) in [5.74, 6) is 0.972. The third-order valence-corrected chi connectivity index (χ3v) is 0.893. The van der Waals surface area contributed by atoms with Gasteiger partial charge in [0.15, 0.2) is 0 Å². The fourth-order valence-corrected chi connectivity index (χ4v) is 0.546. The van der Waals surface area contributed by atoms with Crippen LogP contribution in [0.1, 0.15) is 5.82 Å². The zero-order valence-electron chi connectivity index (χ0n) is 5.09. The smallest absolute Gasteiger partial charge is 0.109 e. The molecule has 0 aromatic carbocycles. The normalized spacial score (nSPS) is 8.00. The molecule has 0 saturated carbocycles. The lowest BCUT2D eigenvalue weighted by molar-refractivity contribution is 0.824. The van der Waals surface area contributed by atoms with Crippen molar-refractivity contribution in [3.63, 3.8) is 0 Å². The Kier molecular flexibility index (Phi) is 3.39. The number of hydrogen-bond donors (Lipinski definition) is 1. The Labute approximate surface area is 53.7 Å². The average Bonchev–Trinajstić information content (AvgIpc) is 2.19. The van der Waals surface area contributed by atoms with E-state index in [0.29, 0.717) is 0 Å². The van der Waals surface area contributed by atoms with E-state index in [0.717, 1.165) is 12.2 Å². The van der Waals surface area contributed by atoms with Gasteiger partial charge in [-0.25, -0.2) is 4.98 Å². The third-order valence-electron chi connectivity index (χ3n) is 0.893. The number of allylic oxidation sites excluding steroid dienone is 1. The van der Waals surface area contributed by atoms with Gasteiger partial charge >= 0.3 is 0 Å². The highest BCUT2D eigenvalue weighted by molar-refractivity contribution is 4.92. The zero-order chi connectivity index (χ0) is 5.82. The second kappa shape index (κ2) is 3.86. The van der Waals surface area contributed by atoms with Crippen LogP contribution >= 0.6 is 0 Å². The Hall–Kier alpha value is -1.09. The molecule has 0 radical (unpaired) electrons. The molecule has 9 heavy (non-hydrogen) atoms. The fraction of sp³-hybridized carbons (Fsp3) is 0.167. The number of nitrogens with zero attached hydrogens (tertiary/aromatic N) is 1. The van der Waals surface area contributed by atoms with Crippen LogP contribution in [-0.4, -0.2) is 15.4 Å². The fourth-order valence-electron chi connectivity index (χ4n) is 0.546. The molecule has 0 aliphatic heterocycles. The van der Waals surface area contributed by atoms with Crippen LogP contribution in [0.15, 0.2) is 25.0 Å². The van der Waals surface area contributed by atoms with Crippen molar-refractivity contribution in [3.05, 3.63) is 30.9 Å². The number of H-pyrrole nitrogens is 1. The second-order valence-corrected chi connectivity index (χ2v) is 1.53. The summed E-state index contributed by atoms with van der Waals surface area (Å²) in [6, 6.07) is 0. The Morgan fingerprint density at radius 2 is 2.56 bits per heavy atom. The summed E-state index contributed by atoms with van der Waals surface area (Å²) in [4.78, 5) is 6.93. The van der Waals surface area contributed by atoms with Gasteiger partial charge in [0, 0.05) is 18.8 Å². The van der Waals surface area contributed by atoms with Gasteiger partial charge in [-0.3, -0.25) is 0 Å². The maximum absolute atomic E-state index is 3.98. The first-order chi connectivity index (χ1) is 3.93. The molecule has 0 aliphatic rings. The van der Waals surface area contributed by atoms with E-state index in [-0.39, 0.29) is 5.48 Å². The molecule has 0 unspecified atom stereocenters. The summed E-state index contributed by atoms with van der Waals surface area (Å²) < 4.78 is 0. The minimum absolute atomic E-state index is 0. The maximum Gasteiger partial charge on any atom is 0.109 e. The molecule has 0 fully saturated rings. The molecule has 1 aromatic heterocycles. The van der Waals surface area contributed by atoms with E-state index in [4.69, 9.17) is 0 Å². The molecule has 1 rings (SSSR count). The second-order valence-electron chi connectivity index (χ2n) is 1.53. The van der Waals surface area contributed by atoms with Crippen LogP contribution in [0.4, 0.5) is 0 Å². The molecule has 0 bridgehead atoms. The predicted octanol–water partition coefficient (Wildman–Crippen LogP) is 0.313. The Morgan fingerprint density at radius 1 is 1.78 bits per heavy atom. The van der Waals surface area contributed by atoms with Crippen LogP contribution in [0.25, 0.3) is 0 Å². The predicted molar refractivity (Wildman–Crippen MR) is 36.1 cm³/mol. The van der Waals surface area contributed by atoms with Gasteiger partial charge in [0.2, 0.25) is 0 Å².